The summed E-state index contributed by atoms with van der Waals surface area (Å²) in [5.41, 5.74) is 0.709. The molecule has 19 heavy (non-hydrogen) atoms. The minimum Gasteiger partial charge on any atom is -0.505 e. The van der Waals surface area contributed by atoms with Gasteiger partial charge in [-0.15, -0.1) is 0 Å². The molecule has 0 saturated heterocycles. The van der Waals surface area contributed by atoms with Crippen LogP contribution in [0.1, 0.15) is 37.7 Å². The lowest BCUT2D eigenvalue weighted by Crippen LogP contribution is -2.37. The highest BCUT2D eigenvalue weighted by atomic mass is 35.5. The first-order valence-corrected chi connectivity index (χ1v) is 7.28. The van der Waals surface area contributed by atoms with Crippen molar-refractivity contribution in [3.63, 3.8) is 0 Å². The van der Waals surface area contributed by atoms with Gasteiger partial charge in [-0.05, 0) is 30.5 Å². The van der Waals surface area contributed by atoms with Crippen LogP contribution in [0.25, 0.3) is 0 Å². The fraction of sp³-hybridized carbons (Fsp3) is 0.500. The Kier molecular flexibility index (Phi) is 4.94. The molecule has 2 N–H and O–H groups in total. The normalized spacial score (nSPS) is 16.3. The quantitative estimate of drug-likeness (QED) is 0.894. The summed E-state index contributed by atoms with van der Waals surface area (Å²) in [7, 11) is 0. The van der Waals surface area contributed by atoms with Crippen LogP contribution in [0, 0.1) is 0 Å². The molecule has 0 spiro atoms. The average Bonchev–Trinajstić information content (AvgIpc) is 2.37. The van der Waals surface area contributed by atoms with Crippen LogP contribution in [0.4, 0.5) is 0 Å². The molecule has 0 atom stereocenters. The second kappa shape index (κ2) is 6.49. The summed E-state index contributed by atoms with van der Waals surface area (Å²) < 4.78 is 0. The number of hydrogen-bond donors (Lipinski definition) is 2. The number of rotatable bonds is 3. The summed E-state index contributed by atoms with van der Waals surface area (Å²) in [6, 6.07) is 3.44. The molecule has 0 aromatic heterocycles. The van der Waals surface area contributed by atoms with E-state index in [0.717, 1.165) is 12.8 Å². The molecule has 3 nitrogen and oxygen atoms in total. The highest BCUT2D eigenvalue weighted by molar-refractivity contribution is 6.37. The molecule has 1 fully saturated rings. The predicted octanol–water partition coefficient (Wildman–Crippen LogP) is 3.69. The first kappa shape index (κ1) is 14.5. The molecule has 5 heteroatoms. The van der Waals surface area contributed by atoms with Crippen molar-refractivity contribution in [1.82, 2.24) is 5.32 Å². The number of nitrogens with one attached hydrogen (secondary N) is 1. The van der Waals surface area contributed by atoms with Gasteiger partial charge in [0.05, 0.1) is 16.5 Å². The summed E-state index contributed by atoms with van der Waals surface area (Å²) in [5, 5.41) is 12.8. The molecule has 1 aromatic carbocycles. The maximum atomic E-state index is 11.9. The zero-order chi connectivity index (χ0) is 13.8. The zero-order valence-corrected chi connectivity index (χ0v) is 12.1. The minimum atomic E-state index is -0.139. The molecule has 0 aliphatic heterocycles. The number of amides is 1. The van der Waals surface area contributed by atoms with Gasteiger partial charge in [0.15, 0.2) is 5.75 Å². The van der Waals surface area contributed by atoms with Crippen LogP contribution in [0.3, 0.4) is 0 Å². The van der Waals surface area contributed by atoms with Gasteiger partial charge in [-0.3, -0.25) is 4.79 Å². The maximum absolute atomic E-state index is 11.9. The van der Waals surface area contributed by atoms with Gasteiger partial charge in [0.2, 0.25) is 5.91 Å². The average molecular weight is 302 g/mol. The van der Waals surface area contributed by atoms with E-state index < -0.39 is 0 Å². The standard InChI is InChI=1S/C14H17Cl2NO2/c15-11-6-9(7-12(16)14(11)19)8-13(18)17-10-4-2-1-3-5-10/h6-7,10,19H,1-5,8H2,(H,17,18). The van der Waals surface area contributed by atoms with Crippen molar-refractivity contribution in [2.75, 3.05) is 0 Å². The Morgan fingerprint density at radius 3 is 2.37 bits per heavy atom. The molecule has 1 aromatic rings. The monoisotopic (exact) mass is 301 g/mol. The van der Waals surface area contributed by atoms with Crippen LogP contribution < -0.4 is 5.32 Å². The van der Waals surface area contributed by atoms with Crippen molar-refractivity contribution in [3.8, 4) is 5.75 Å². The second-order valence-electron chi connectivity index (χ2n) is 4.99. The van der Waals surface area contributed by atoms with Crippen molar-refractivity contribution >= 4 is 29.1 Å². The van der Waals surface area contributed by atoms with Gasteiger partial charge in [0.1, 0.15) is 0 Å². The summed E-state index contributed by atoms with van der Waals surface area (Å²) >= 11 is 11.7. The van der Waals surface area contributed by atoms with E-state index in [0.29, 0.717) is 11.6 Å². The Balaban J connectivity index is 1.94. The van der Waals surface area contributed by atoms with Crippen molar-refractivity contribution in [1.29, 1.82) is 0 Å². The fourth-order valence-corrected chi connectivity index (χ4v) is 2.96. The third-order valence-corrected chi connectivity index (χ3v) is 3.99. The van der Waals surface area contributed by atoms with Crippen molar-refractivity contribution in [2.45, 2.75) is 44.6 Å². The molecule has 2 rings (SSSR count). The van der Waals surface area contributed by atoms with E-state index in [1.807, 2.05) is 0 Å². The highest BCUT2D eigenvalue weighted by Crippen LogP contribution is 2.32. The minimum absolute atomic E-state index is 0.0234. The van der Waals surface area contributed by atoms with Gasteiger partial charge in [0.25, 0.3) is 0 Å². The second-order valence-corrected chi connectivity index (χ2v) is 5.80. The lowest BCUT2D eigenvalue weighted by Gasteiger charge is -2.22. The van der Waals surface area contributed by atoms with Crippen molar-refractivity contribution < 1.29 is 9.90 Å². The molecule has 0 unspecified atom stereocenters. The van der Waals surface area contributed by atoms with E-state index in [-0.39, 0.29) is 28.1 Å². The summed E-state index contributed by atoms with van der Waals surface area (Å²) in [6.07, 6.45) is 5.97. The molecule has 104 valence electrons. The van der Waals surface area contributed by atoms with E-state index in [1.54, 1.807) is 12.1 Å². The first-order chi connectivity index (χ1) is 9.06. The van der Waals surface area contributed by atoms with Crippen LogP contribution in [0.2, 0.25) is 10.0 Å². The van der Waals surface area contributed by atoms with Gasteiger partial charge in [0, 0.05) is 6.04 Å². The third-order valence-electron chi connectivity index (χ3n) is 3.41. The number of aromatic hydroxyl groups is 1. The number of hydrogen-bond acceptors (Lipinski definition) is 2. The fourth-order valence-electron chi connectivity index (χ4n) is 2.43. The molecule has 1 aliphatic rings. The van der Waals surface area contributed by atoms with Crippen LogP contribution in [0.5, 0.6) is 5.75 Å². The van der Waals surface area contributed by atoms with E-state index in [1.165, 1.54) is 19.3 Å². The predicted molar refractivity (Wildman–Crippen MR) is 76.8 cm³/mol. The molecule has 1 saturated carbocycles. The topological polar surface area (TPSA) is 49.3 Å². The van der Waals surface area contributed by atoms with E-state index in [2.05, 4.69) is 5.32 Å². The summed E-state index contributed by atoms with van der Waals surface area (Å²) in [6.45, 7) is 0. The Morgan fingerprint density at radius 2 is 1.79 bits per heavy atom. The largest absolute Gasteiger partial charge is 0.505 e. The van der Waals surface area contributed by atoms with E-state index in [4.69, 9.17) is 23.2 Å². The summed E-state index contributed by atoms with van der Waals surface area (Å²) in [5.74, 6) is -0.163. The van der Waals surface area contributed by atoms with Gasteiger partial charge in [-0.25, -0.2) is 0 Å². The van der Waals surface area contributed by atoms with Crippen LogP contribution in [-0.4, -0.2) is 17.1 Å². The maximum Gasteiger partial charge on any atom is 0.224 e. The SMILES string of the molecule is O=C(Cc1cc(Cl)c(O)c(Cl)c1)NC1CCCCC1. The zero-order valence-electron chi connectivity index (χ0n) is 10.6. The summed E-state index contributed by atoms with van der Waals surface area (Å²) in [4.78, 5) is 11.9. The van der Waals surface area contributed by atoms with Crippen LogP contribution in [-0.2, 0) is 11.2 Å². The van der Waals surface area contributed by atoms with Crippen LogP contribution >= 0.6 is 23.2 Å². The van der Waals surface area contributed by atoms with E-state index >= 15 is 0 Å². The number of carbonyl (C=O) groups excluding carboxylic acids is 1. The molecule has 1 amide bonds. The van der Waals surface area contributed by atoms with Crippen molar-refractivity contribution in [3.05, 3.63) is 27.7 Å². The molecule has 0 heterocycles. The number of phenols is 1. The number of benzene rings is 1. The Bertz CT molecular complexity index is 448. The molecular weight excluding hydrogens is 285 g/mol. The van der Waals surface area contributed by atoms with Gasteiger partial charge in [-0.1, -0.05) is 42.5 Å². The third kappa shape index (κ3) is 4.02. The smallest absolute Gasteiger partial charge is 0.224 e. The number of carbonyl (C=O) groups is 1. The van der Waals surface area contributed by atoms with Crippen LogP contribution in [0.15, 0.2) is 12.1 Å². The molecule has 0 radical (unpaired) electrons. The number of phenolic OH excluding ortho intramolecular Hbond substituents is 1. The molecule has 1 aliphatic carbocycles. The van der Waals surface area contributed by atoms with Gasteiger partial charge >= 0.3 is 0 Å². The Morgan fingerprint density at radius 1 is 1.21 bits per heavy atom. The molecular formula is C14H17Cl2NO2. The van der Waals surface area contributed by atoms with Crippen molar-refractivity contribution in [2.24, 2.45) is 0 Å². The molecule has 0 bridgehead atoms. The Hall–Kier alpha value is -0.930. The lowest BCUT2D eigenvalue weighted by atomic mass is 9.95. The van der Waals surface area contributed by atoms with E-state index in [9.17, 15) is 9.90 Å². The highest BCUT2D eigenvalue weighted by Gasteiger charge is 2.16. The van der Waals surface area contributed by atoms with Gasteiger partial charge < -0.3 is 10.4 Å². The van der Waals surface area contributed by atoms with Gasteiger partial charge in [-0.2, -0.15) is 0 Å². The first-order valence-electron chi connectivity index (χ1n) is 6.52. The Labute approximate surface area is 122 Å². The number of halogens is 2. The lowest BCUT2D eigenvalue weighted by molar-refractivity contribution is -0.121.